The van der Waals surface area contributed by atoms with E-state index in [0.717, 1.165) is 21.6 Å². The maximum Gasteiger partial charge on any atom is 0.223 e. The third kappa shape index (κ3) is 3.62. The highest BCUT2D eigenvalue weighted by Gasteiger charge is 2.17. The lowest BCUT2D eigenvalue weighted by Gasteiger charge is -2.10. The number of para-hydroxylation sites is 1. The van der Waals surface area contributed by atoms with Gasteiger partial charge in [-0.3, -0.25) is 0 Å². The van der Waals surface area contributed by atoms with E-state index in [9.17, 15) is 5.11 Å². The molecule has 0 aliphatic rings. The number of hydrogen-bond acceptors (Lipinski definition) is 5. The average Bonchev–Trinajstić information content (AvgIpc) is 3.26. The second-order valence-electron chi connectivity index (χ2n) is 6.93. The minimum Gasteiger partial charge on any atom is -0.496 e. The number of aromatic hydroxyl groups is 1. The molecule has 0 unspecified atom stereocenters. The van der Waals surface area contributed by atoms with Crippen LogP contribution in [0.2, 0.25) is 0 Å². The molecule has 31 heavy (non-hydrogen) atoms. The Bertz CT molecular complexity index is 1350. The van der Waals surface area contributed by atoms with Crippen LogP contribution in [0.15, 0.2) is 101 Å². The van der Waals surface area contributed by atoms with Crippen LogP contribution < -0.4 is 4.74 Å². The molecule has 0 fully saturated rings. The Hall–Kier alpha value is -3.77. The van der Waals surface area contributed by atoms with Crippen molar-refractivity contribution in [1.82, 2.24) is 14.6 Å². The van der Waals surface area contributed by atoms with Gasteiger partial charge in [-0.25, -0.2) is 4.98 Å². The second kappa shape index (κ2) is 8.16. The summed E-state index contributed by atoms with van der Waals surface area (Å²) in [6.07, 6.45) is 3.39. The molecule has 0 saturated carbocycles. The molecule has 6 heteroatoms. The largest absolute Gasteiger partial charge is 0.496 e. The van der Waals surface area contributed by atoms with Crippen molar-refractivity contribution in [2.75, 3.05) is 7.11 Å². The molecule has 0 saturated heterocycles. The summed E-state index contributed by atoms with van der Waals surface area (Å²) in [4.78, 5) is 6.95. The van der Waals surface area contributed by atoms with Gasteiger partial charge in [-0.1, -0.05) is 60.3 Å². The van der Waals surface area contributed by atoms with Gasteiger partial charge < -0.3 is 9.84 Å². The van der Waals surface area contributed by atoms with Gasteiger partial charge >= 0.3 is 0 Å². The van der Waals surface area contributed by atoms with E-state index in [-0.39, 0.29) is 5.88 Å². The quantitative estimate of drug-likeness (QED) is 0.378. The van der Waals surface area contributed by atoms with Gasteiger partial charge in [-0.05, 0) is 35.9 Å². The highest BCUT2D eigenvalue weighted by Crippen LogP contribution is 2.37. The van der Waals surface area contributed by atoms with Crippen molar-refractivity contribution in [3.8, 4) is 33.9 Å². The first-order valence-electron chi connectivity index (χ1n) is 9.77. The number of rotatable bonds is 5. The summed E-state index contributed by atoms with van der Waals surface area (Å²) in [6.45, 7) is 0. The lowest BCUT2D eigenvalue weighted by Crippen LogP contribution is -1.96. The van der Waals surface area contributed by atoms with Crippen molar-refractivity contribution in [3.63, 3.8) is 0 Å². The maximum absolute atomic E-state index is 10.9. The monoisotopic (exact) mass is 425 g/mol. The molecule has 5 nitrogen and oxygen atoms in total. The van der Waals surface area contributed by atoms with Crippen molar-refractivity contribution in [3.05, 3.63) is 91.3 Å². The molecule has 0 atom stereocenters. The Balaban J connectivity index is 1.50. The van der Waals surface area contributed by atoms with Gasteiger partial charge in [0, 0.05) is 27.1 Å². The molecular formula is C25H19N3O2S. The molecule has 0 bridgehead atoms. The summed E-state index contributed by atoms with van der Waals surface area (Å²) >= 11 is 1.71. The van der Waals surface area contributed by atoms with Gasteiger partial charge in [0.1, 0.15) is 5.75 Å². The van der Waals surface area contributed by atoms with Crippen molar-refractivity contribution in [1.29, 1.82) is 0 Å². The SMILES string of the molecule is COc1ccccc1-c1cnc2c(-c3ccc(Sc4ccccc4)cc3)cnn2c1O. The summed E-state index contributed by atoms with van der Waals surface area (Å²) in [5.41, 5.74) is 3.77. The Morgan fingerprint density at radius 1 is 0.774 bits per heavy atom. The molecule has 5 rings (SSSR count). The zero-order valence-electron chi connectivity index (χ0n) is 16.8. The van der Waals surface area contributed by atoms with E-state index < -0.39 is 0 Å². The van der Waals surface area contributed by atoms with Crippen LogP contribution in [-0.2, 0) is 0 Å². The third-order valence-corrected chi connectivity index (χ3v) is 6.06. The number of benzene rings is 3. The van der Waals surface area contributed by atoms with E-state index in [2.05, 4.69) is 46.5 Å². The lowest BCUT2D eigenvalue weighted by atomic mass is 10.1. The standard InChI is InChI=1S/C25H19N3O2S/c1-30-23-10-6-5-9-20(23)22-15-26-24-21(16-27-28(24)25(22)29)17-11-13-19(14-12-17)31-18-7-3-2-4-8-18/h2-16,29H,1H3. The first-order valence-corrected chi connectivity index (χ1v) is 10.6. The van der Waals surface area contributed by atoms with Crippen LogP contribution in [0.25, 0.3) is 27.9 Å². The molecule has 2 aromatic heterocycles. The minimum absolute atomic E-state index is 0.0250. The summed E-state index contributed by atoms with van der Waals surface area (Å²) < 4.78 is 6.89. The van der Waals surface area contributed by atoms with Gasteiger partial charge in [-0.15, -0.1) is 0 Å². The highest BCUT2D eigenvalue weighted by molar-refractivity contribution is 7.99. The van der Waals surface area contributed by atoms with E-state index in [1.54, 1.807) is 31.3 Å². The maximum atomic E-state index is 10.9. The normalized spacial score (nSPS) is 11.0. The van der Waals surface area contributed by atoms with Gasteiger partial charge in [-0.2, -0.15) is 9.61 Å². The molecule has 0 spiro atoms. The Labute approximate surface area is 184 Å². The molecule has 5 aromatic rings. The fourth-order valence-electron chi connectivity index (χ4n) is 3.51. The summed E-state index contributed by atoms with van der Waals surface area (Å²) in [5, 5.41) is 15.3. The summed E-state index contributed by atoms with van der Waals surface area (Å²) in [6, 6.07) is 26.1. The van der Waals surface area contributed by atoms with E-state index in [1.165, 1.54) is 9.41 Å². The predicted molar refractivity (Wildman–Crippen MR) is 123 cm³/mol. The van der Waals surface area contributed by atoms with Crippen LogP contribution in [0.4, 0.5) is 0 Å². The number of aromatic nitrogens is 3. The zero-order chi connectivity index (χ0) is 21.2. The van der Waals surface area contributed by atoms with Crippen molar-refractivity contribution in [2.45, 2.75) is 9.79 Å². The Morgan fingerprint density at radius 3 is 2.26 bits per heavy atom. The van der Waals surface area contributed by atoms with Crippen LogP contribution in [0.5, 0.6) is 11.6 Å². The topological polar surface area (TPSA) is 59.7 Å². The number of methoxy groups -OCH3 is 1. The molecule has 1 N–H and O–H groups in total. The Kier molecular flexibility index (Phi) is 5.06. The second-order valence-corrected chi connectivity index (χ2v) is 8.08. The van der Waals surface area contributed by atoms with Gasteiger partial charge in [0.15, 0.2) is 5.65 Å². The third-order valence-electron chi connectivity index (χ3n) is 5.04. The molecule has 2 heterocycles. The average molecular weight is 426 g/mol. The first kappa shape index (κ1) is 19.2. The number of fused-ring (bicyclic) bond motifs is 1. The highest BCUT2D eigenvalue weighted by atomic mass is 32.2. The van der Waals surface area contributed by atoms with Crippen LogP contribution in [0.1, 0.15) is 0 Å². The fraction of sp³-hybridized carbons (Fsp3) is 0.0400. The predicted octanol–water partition coefficient (Wildman–Crippen LogP) is 5.93. The number of hydrogen-bond donors (Lipinski definition) is 1. The van der Waals surface area contributed by atoms with E-state index in [4.69, 9.17) is 4.74 Å². The van der Waals surface area contributed by atoms with Crippen LogP contribution in [0, 0.1) is 0 Å². The van der Waals surface area contributed by atoms with Crippen molar-refractivity contribution < 1.29 is 9.84 Å². The van der Waals surface area contributed by atoms with Crippen LogP contribution >= 0.6 is 11.8 Å². The van der Waals surface area contributed by atoms with E-state index >= 15 is 0 Å². The molecule has 152 valence electrons. The van der Waals surface area contributed by atoms with E-state index in [0.29, 0.717) is 17.0 Å². The minimum atomic E-state index is 0.0250. The number of ether oxygens (including phenoxy) is 1. The molecule has 0 aliphatic heterocycles. The Morgan fingerprint density at radius 2 is 1.48 bits per heavy atom. The van der Waals surface area contributed by atoms with E-state index in [1.807, 2.05) is 42.5 Å². The van der Waals surface area contributed by atoms with Gasteiger partial charge in [0.2, 0.25) is 5.88 Å². The molecule has 0 radical (unpaired) electrons. The first-order chi connectivity index (χ1) is 15.2. The fourth-order valence-corrected chi connectivity index (χ4v) is 4.34. The molecule has 0 aliphatic carbocycles. The van der Waals surface area contributed by atoms with Crippen molar-refractivity contribution >= 4 is 17.4 Å². The smallest absolute Gasteiger partial charge is 0.223 e. The summed E-state index contributed by atoms with van der Waals surface area (Å²) in [7, 11) is 1.60. The van der Waals surface area contributed by atoms with Crippen molar-refractivity contribution in [2.24, 2.45) is 0 Å². The molecule has 0 amide bonds. The zero-order valence-corrected chi connectivity index (χ0v) is 17.6. The van der Waals surface area contributed by atoms with Crippen LogP contribution in [0.3, 0.4) is 0 Å². The summed E-state index contributed by atoms with van der Waals surface area (Å²) in [5.74, 6) is 0.690. The van der Waals surface area contributed by atoms with Gasteiger partial charge in [0.25, 0.3) is 0 Å². The molecular weight excluding hydrogens is 406 g/mol. The van der Waals surface area contributed by atoms with Gasteiger partial charge in [0.05, 0.1) is 18.9 Å². The van der Waals surface area contributed by atoms with Crippen LogP contribution in [-0.4, -0.2) is 26.8 Å². The lowest BCUT2D eigenvalue weighted by molar-refractivity contribution is 0.414. The number of nitrogens with zero attached hydrogens (tertiary/aromatic N) is 3. The molecule has 3 aromatic carbocycles.